The van der Waals surface area contributed by atoms with Gasteiger partial charge in [-0.3, -0.25) is 0 Å². The standard InChI is InChI=1S/C14H15N3S/c1-11-16-13-8-4-3-7-12(13)14(17-11)18-10-6-2-5-9-15/h3-4,7-8H,2,5-6,10H2,1H3. The van der Waals surface area contributed by atoms with Crippen molar-refractivity contribution in [1.82, 2.24) is 9.97 Å². The molecule has 0 aliphatic rings. The number of nitriles is 1. The number of rotatable bonds is 5. The molecule has 0 aliphatic carbocycles. The van der Waals surface area contributed by atoms with Crippen LogP contribution in [0.2, 0.25) is 0 Å². The van der Waals surface area contributed by atoms with Crippen LogP contribution < -0.4 is 0 Å². The first-order chi connectivity index (χ1) is 8.81. The van der Waals surface area contributed by atoms with Gasteiger partial charge in [-0.15, -0.1) is 11.8 Å². The number of benzene rings is 1. The van der Waals surface area contributed by atoms with Crippen molar-refractivity contribution in [2.24, 2.45) is 0 Å². The van der Waals surface area contributed by atoms with E-state index in [-0.39, 0.29) is 0 Å². The molecular weight excluding hydrogens is 242 g/mol. The van der Waals surface area contributed by atoms with Gasteiger partial charge < -0.3 is 0 Å². The van der Waals surface area contributed by atoms with Crippen molar-refractivity contribution in [1.29, 1.82) is 5.26 Å². The summed E-state index contributed by atoms with van der Waals surface area (Å²) in [5, 5.41) is 10.7. The number of hydrogen-bond acceptors (Lipinski definition) is 4. The van der Waals surface area contributed by atoms with Crippen LogP contribution >= 0.6 is 11.8 Å². The Morgan fingerprint density at radius 2 is 2.06 bits per heavy atom. The largest absolute Gasteiger partial charge is 0.233 e. The summed E-state index contributed by atoms with van der Waals surface area (Å²) in [5.41, 5.74) is 1.00. The highest BCUT2D eigenvalue weighted by atomic mass is 32.2. The Kier molecular flexibility index (Phi) is 4.54. The van der Waals surface area contributed by atoms with Crippen LogP contribution in [0.5, 0.6) is 0 Å². The molecule has 2 rings (SSSR count). The molecule has 0 atom stereocenters. The van der Waals surface area contributed by atoms with Crippen LogP contribution in [0, 0.1) is 18.3 Å². The maximum atomic E-state index is 8.48. The van der Waals surface area contributed by atoms with Gasteiger partial charge in [0.2, 0.25) is 0 Å². The van der Waals surface area contributed by atoms with Crippen molar-refractivity contribution in [3.8, 4) is 6.07 Å². The van der Waals surface area contributed by atoms with E-state index in [0.29, 0.717) is 6.42 Å². The van der Waals surface area contributed by atoms with Crippen LogP contribution in [0.3, 0.4) is 0 Å². The SMILES string of the molecule is Cc1nc(SCCCCC#N)c2ccccc2n1. The number of nitrogens with zero attached hydrogens (tertiary/aromatic N) is 3. The average molecular weight is 257 g/mol. The number of unbranched alkanes of at least 4 members (excludes halogenated alkanes) is 2. The first-order valence-corrected chi connectivity index (χ1v) is 7.03. The van der Waals surface area contributed by atoms with Gasteiger partial charge in [0.25, 0.3) is 0 Å². The molecule has 2 aromatic rings. The second-order valence-corrected chi connectivity index (χ2v) is 5.14. The van der Waals surface area contributed by atoms with Gasteiger partial charge in [-0.1, -0.05) is 18.2 Å². The predicted molar refractivity (Wildman–Crippen MR) is 74.5 cm³/mol. The molecular formula is C14H15N3S. The molecule has 0 spiro atoms. The Morgan fingerprint density at radius 1 is 1.22 bits per heavy atom. The third kappa shape index (κ3) is 3.21. The quantitative estimate of drug-likeness (QED) is 0.465. The van der Waals surface area contributed by atoms with Crippen LogP contribution in [0.25, 0.3) is 10.9 Å². The summed E-state index contributed by atoms with van der Waals surface area (Å²) < 4.78 is 0. The highest BCUT2D eigenvalue weighted by Crippen LogP contribution is 2.25. The number of para-hydroxylation sites is 1. The summed E-state index contributed by atoms with van der Waals surface area (Å²) in [6.07, 6.45) is 2.66. The van der Waals surface area contributed by atoms with Crippen molar-refractivity contribution in [2.45, 2.75) is 31.2 Å². The zero-order chi connectivity index (χ0) is 12.8. The molecule has 0 bridgehead atoms. The molecule has 1 heterocycles. The first-order valence-electron chi connectivity index (χ1n) is 6.04. The number of fused-ring (bicyclic) bond motifs is 1. The Labute approximate surface area is 111 Å². The van der Waals surface area contributed by atoms with Gasteiger partial charge in [-0.25, -0.2) is 9.97 Å². The minimum atomic E-state index is 0.643. The average Bonchev–Trinajstić information content (AvgIpc) is 2.38. The van der Waals surface area contributed by atoms with Gasteiger partial charge in [0.15, 0.2) is 0 Å². The minimum Gasteiger partial charge on any atom is -0.233 e. The number of thioether (sulfide) groups is 1. The lowest BCUT2D eigenvalue weighted by Crippen LogP contribution is -1.93. The molecule has 0 aliphatic heterocycles. The molecule has 0 saturated carbocycles. The Hall–Kier alpha value is -1.60. The molecule has 0 amide bonds. The van der Waals surface area contributed by atoms with E-state index in [1.807, 2.05) is 25.1 Å². The topological polar surface area (TPSA) is 49.6 Å². The van der Waals surface area contributed by atoms with E-state index in [0.717, 1.165) is 40.3 Å². The normalized spacial score (nSPS) is 10.4. The number of hydrogen-bond donors (Lipinski definition) is 0. The second-order valence-electron chi connectivity index (χ2n) is 4.06. The summed E-state index contributed by atoms with van der Waals surface area (Å²) in [5.74, 6) is 1.82. The van der Waals surface area contributed by atoms with E-state index in [4.69, 9.17) is 5.26 Å². The van der Waals surface area contributed by atoms with E-state index in [2.05, 4.69) is 22.1 Å². The van der Waals surface area contributed by atoms with Crippen molar-refractivity contribution < 1.29 is 0 Å². The lowest BCUT2D eigenvalue weighted by atomic mass is 10.2. The lowest BCUT2D eigenvalue weighted by Gasteiger charge is -2.05. The van der Waals surface area contributed by atoms with Crippen molar-refractivity contribution in [3.63, 3.8) is 0 Å². The number of aromatic nitrogens is 2. The van der Waals surface area contributed by atoms with Crippen LogP contribution in [-0.4, -0.2) is 15.7 Å². The second kappa shape index (κ2) is 6.36. The van der Waals surface area contributed by atoms with E-state index in [9.17, 15) is 0 Å². The van der Waals surface area contributed by atoms with Gasteiger partial charge in [0.05, 0.1) is 11.6 Å². The molecule has 92 valence electrons. The summed E-state index contributed by atoms with van der Waals surface area (Å²) in [7, 11) is 0. The predicted octanol–water partition coefficient (Wildman–Crippen LogP) is 3.72. The molecule has 0 unspecified atom stereocenters. The van der Waals surface area contributed by atoms with Gasteiger partial charge in [0, 0.05) is 11.8 Å². The van der Waals surface area contributed by atoms with Crippen molar-refractivity contribution in [3.05, 3.63) is 30.1 Å². The zero-order valence-electron chi connectivity index (χ0n) is 10.4. The Morgan fingerprint density at radius 3 is 2.89 bits per heavy atom. The zero-order valence-corrected chi connectivity index (χ0v) is 11.2. The summed E-state index contributed by atoms with van der Waals surface area (Å²) in [4.78, 5) is 8.93. The molecule has 1 aromatic carbocycles. The fourth-order valence-corrected chi connectivity index (χ4v) is 2.81. The lowest BCUT2D eigenvalue weighted by molar-refractivity contribution is 0.829. The summed E-state index contributed by atoms with van der Waals surface area (Å²) >= 11 is 1.75. The number of aryl methyl sites for hydroxylation is 1. The van der Waals surface area contributed by atoms with E-state index in [1.54, 1.807) is 11.8 Å². The monoisotopic (exact) mass is 257 g/mol. The molecule has 1 aromatic heterocycles. The van der Waals surface area contributed by atoms with Crippen LogP contribution in [0.4, 0.5) is 0 Å². The van der Waals surface area contributed by atoms with E-state index < -0.39 is 0 Å². The fourth-order valence-electron chi connectivity index (χ4n) is 1.74. The maximum Gasteiger partial charge on any atom is 0.127 e. The van der Waals surface area contributed by atoms with Crippen molar-refractivity contribution >= 4 is 22.7 Å². The van der Waals surface area contributed by atoms with Gasteiger partial charge in [0.1, 0.15) is 10.9 Å². The van der Waals surface area contributed by atoms with E-state index >= 15 is 0 Å². The minimum absolute atomic E-state index is 0.643. The first kappa shape index (κ1) is 12.8. The van der Waals surface area contributed by atoms with Crippen molar-refractivity contribution in [2.75, 3.05) is 5.75 Å². The van der Waals surface area contributed by atoms with Crippen LogP contribution in [0.15, 0.2) is 29.3 Å². The van der Waals surface area contributed by atoms with Crippen LogP contribution in [-0.2, 0) is 0 Å². The molecule has 18 heavy (non-hydrogen) atoms. The third-order valence-corrected chi connectivity index (χ3v) is 3.68. The Bertz CT molecular complexity index is 575. The molecule has 0 N–H and O–H groups in total. The fraction of sp³-hybridized carbons (Fsp3) is 0.357. The smallest absolute Gasteiger partial charge is 0.127 e. The maximum absolute atomic E-state index is 8.48. The summed E-state index contributed by atoms with van der Waals surface area (Å²) in [6.45, 7) is 1.92. The Balaban J connectivity index is 2.10. The molecule has 0 saturated heterocycles. The molecule has 3 nitrogen and oxygen atoms in total. The molecule has 4 heteroatoms. The van der Waals surface area contributed by atoms with Gasteiger partial charge in [-0.2, -0.15) is 5.26 Å². The highest BCUT2D eigenvalue weighted by molar-refractivity contribution is 7.99. The highest BCUT2D eigenvalue weighted by Gasteiger charge is 2.05. The molecule has 0 fully saturated rings. The molecule has 0 radical (unpaired) electrons. The van der Waals surface area contributed by atoms with Gasteiger partial charge in [-0.05, 0) is 31.6 Å². The summed E-state index contributed by atoms with van der Waals surface area (Å²) in [6, 6.07) is 10.3. The van der Waals surface area contributed by atoms with E-state index in [1.165, 1.54) is 0 Å². The van der Waals surface area contributed by atoms with Gasteiger partial charge >= 0.3 is 0 Å². The third-order valence-electron chi connectivity index (χ3n) is 2.60. The van der Waals surface area contributed by atoms with Crippen LogP contribution in [0.1, 0.15) is 25.1 Å².